The van der Waals surface area contributed by atoms with Gasteiger partial charge >= 0.3 is 0 Å². The van der Waals surface area contributed by atoms with Crippen molar-refractivity contribution in [1.82, 2.24) is 15.2 Å². The van der Waals surface area contributed by atoms with Crippen LogP contribution in [0.4, 0.5) is 0 Å². The molecular formula is C24H27N3O2S. The Bertz CT molecular complexity index is 931. The number of nitrogens with zero attached hydrogens (tertiary/aromatic N) is 2. The first-order valence-electron chi connectivity index (χ1n) is 10.4. The highest BCUT2D eigenvalue weighted by molar-refractivity contribution is 7.07. The van der Waals surface area contributed by atoms with Gasteiger partial charge in [0, 0.05) is 30.1 Å². The molecule has 0 spiro atoms. The van der Waals surface area contributed by atoms with Crippen molar-refractivity contribution < 1.29 is 9.53 Å². The average molecular weight is 422 g/mol. The van der Waals surface area contributed by atoms with Crippen LogP contribution in [0.5, 0.6) is 5.75 Å². The largest absolute Gasteiger partial charge is 0.487 e. The number of thiazole rings is 1. The Morgan fingerprint density at radius 2 is 2.07 bits per heavy atom. The zero-order valence-electron chi connectivity index (χ0n) is 17.0. The number of aromatic nitrogens is 1. The molecule has 5 nitrogen and oxygen atoms in total. The van der Waals surface area contributed by atoms with Crippen molar-refractivity contribution in [3.8, 4) is 5.75 Å². The Kier molecular flexibility index (Phi) is 7.11. The van der Waals surface area contributed by atoms with Gasteiger partial charge in [-0.1, -0.05) is 42.8 Å². The lowest BCUT2D eigenvalue weighted by Gasteiger charge is -2.36. The number of hydrogen-bond donors (Lipinski definition) is 1. The number of ether oxygens (including phenoxy) is 1. The molecule has 0 aliphatic carbocycles. The van der Waals surface area contributed by atoms with E-state index in [-0.39, 0.29) is 5.91 Å². The number of rotatable bonds is 8. The zero-order valence-corrected chi connectivity index (χ0v) is 17.8. The number of carbonyl (C=O) groups excluding carboxylic acids is 1. The van der Waals surface area contributed by atoms with Crippen molar-refractivity contribution >= 4 is 17.2 Å². The monoisotopic (exact) mass is 421 g/mol. The standard InChI is InChI=1S/C24H27N3O2S/c28-24(20-9-6-11-23(13-20)29-16-21-17-30-18-26-21)25-14-22-10-4-5-12-27(22)15-19-7-2-1-3-8-19/h1-3,6-9,11,13,17-18,22H,4-5,10,12,14-16H2,(H,25,28). The smallest absolute Gasteiger partial charge is 0.251 e. The predicted octanol–water partition coefficient (Wildman–Crippen LogP) is 4.51. The maximum Gasteiger partial charge on any atom is 0.251 e. The van der Waals surface area contributed by atoms with E-state index < -0.39 is 0 Å². The van der Waals surface area contributed by atoms with Gasteiger partial charge in [-0.2, -0.15) is 0 Å². The van der Waals surface area contributed by atoms with Crippen LogP contribution in [-0.4, -0.2) is 34.9 Å². The molecule has 30 heavy (non-hydrogen) atoms. The lowest BCUT2D eigenvalue weighted by Crippen LogP contribution is -2.46. The van der Waals surface area contributed by atoms with E-state index in [1.165, 1.54) is 18.4 Å². The molecule has 1 aliphatic heterocycles. The van der Waals surface area contributed by atoms with Crippen LogP contribution < -0.4 is 10.1 Å². The molecule has 0 bridgehead atoms. The lowest BCUT2D eigenvalue weighted by molar-refractivity contribution is 0.0907. The second kappa shape index (κ2) is 10.4. The summed E-state index contributed by atoms with van der Waals surface area (Å²) in [6, 6.07) is 18.3. The fourth-order valence-corrected chi connectivity index (χ4v) is 4.37. The molecule has 1 aromatic heterocycles. The van der Waals surface area contributed by atoms with Gasteiger partial charge in [-0.3, -0.25) is 9.69 Å². The van der Waals surface area contributed by atoms with Crippen LogP contribution in [0.2, 0.25) is 0 Å². The second-order valence-electron chi connectivity index (χ2n) is 7.61. The number of piperidine rings is 1. The predicted molar refractivity (Wildman–Crippen MR) is 120 cm³/mol. The molecule has 2 heterocycles. The summed E-state index contributed by atoms with van der Waals surface area (Å²) < 4.78 is 5.78. The molecule has 1 atom stereocenters. The van der Waals surface area contributed by atoms with Gasteiger partial charge in [0.05, 0.1) is 11.2 Å². The molecule has 1 N–H and O–H groups in total. The van der Waals surface area contributed by atoms with Gasteiger partial charge < -0.3 is 10.1 Å². The Labute approximate surface area is 181 Å². The lowest BCUT2D eigenvalue weighted by atomic mass is 10.0. The molecule has 1 amide bonds. The van der Waals surface area contributed by atoms with Gasteiger partial charge in [0.15, 0.2) is 0 Å². The van der Waals surface area contributed by atoms with Gasteiger partial charge in [0.1, 0.15) is 12.4 Å². The molecule has 4 rings (SSSR count). The van der Waals surface area contributed by atoms with Crippen LogP contribution in [0.15, 0.2) is 65.5 Å². The van der Waals surface area contributed by atoms with E-state index in [1.54, 1.807) is 22.9 Å². The van der Waals surface area contributed by atoms with Crippen LogP contribution in [0.25, 0.3) is 0 Å². The Morgan fingerprint density at radius 1 is 1.17 bits per heavy atom. The Morgan fingerprint density at radius 3 is 2.90 bits per heavy atom. The minimum atomic E-state index is -0.0562. The summed E-state index contributed by atoms with van der Waals surface area (Å²) in [7, 11) is 0. The first-order chi connectivity index (χ1) is 14.8. The van der Waals surface area contributed by atoms with Crippen molar-refractivity contribution in [3.05, 3.63) is 82.3 Å². The number of amides is 1. The van der Waals surface area contributed by atoms with Crippen molar-refractivity contribution in [1.29, 1.82) is 0 Å². The summed E-state index contributed by atoms with van der Waals surface area (Å²) in [5, 5.41) is 5.09. The van der Waals surface area contributed by atoms with E-state index in [1.807, 2.05) is 29.6 Å². The Hall–Kier alpha value is -2.70. The van der Waals surface area contributed by atoms with Crippen LogP contribution >= 0.6 is 11.3 Å². The van der Waals surface area contributed by atoms with E-state index in [2.05, 4.69) is 39.5 Å². The summed E-state index contributed by atoms with van der Waals surface area (Å²) in [4.78, 5) is 19.5. The minimum Gasteiger partial charge on any atom is -0.487 e. The van der Waals surface area contributed by atoms with Gasteiger partial charge in [0.2, 0.25) is 0 Å². The number of nitrogens with one attached hydrogen (secondary N) is 1. The third-order valence-electron chi connectivity index (χ3n) is 5.44. The zero-order chi connectivity index (χ0) is 20.6. The molecule has 3 aromatic rings. The summed E-state index contributed by atoms with van der Waals surface area (Å²) in [5.74, 6) is 0.623. The van der Waals surface area contributed by atoms with Crippen LogP contribution in [0, 0.1) is 0 Å². The van der Waals surface area contributed by atoms with Crippen LogP contribution in [0.1, 0.15) is 40.9 Å². The van der Waals surface area contributed by atoms with E-state index >= 15 is 0 Å². The van der Waals surface area contributed by atoms with E-state index in [9.17, 15) is 4.79 Å². The molecular weight excluding hydrogens is 394 g/mol. The van der Waals surface area contributed by atoms with Crippen molar-refractivity contribution in [2.75, 3.05) is 13.1 Å². The fourth-order valence-electron chi connectivity index (χ4n) is 3.82. The molecule has 0 radical (unpaired) electrons. The highest BCUT2D eigenvalue weighted by atomic mass is 32.1. The molecule has 2 aromatic carbocycles. The molecule has 1 unspecified atom stereocenters. The Balaban J connectivity index is 1.32. The first-order valence-corrected chi connectivity index (χ1v) is 11.4. The molecule has 6 heteroatoms. The number of likely N-dealkylation sites (tertiary alicyclic amines) is 1. The fraction of sp³-hybridized carbons (Fsp3) is 0.333. The maximum atomic E-state index is 12.7. The number of carbonyl (C=O) groups is 1. The summed E-state index contributed by atoms with van der Waals surface area (Å²) >= 11 is 1.54. The van der Waals surface area contributed by atoms with Gasteiger partial charge in [-0.25, -0.2) is 4.98 Å². The van der Waals surface area contributed by atoms with Crippen LogP contribution in [-0.2, 0) is 13.2 Å². The topological polar surface area (TPSA) is 54.5 Å². The molecule has 156 valence electrons. The van der Waals surface area contributed by atoms with Crippen molar-refractivity contribution in [2.24, 2.45) is 0 Å². The third kappa shape index (κ3) is 5.68. The average Bonchev–Trinajstić information content (AvgIpc) is 3.32. The minimum absolute atomic E-state index is 0.0562. The number of hydrogen-bond acceptors (Lipinski definition) is 5. The van der Waals surface area contributed by atoms with Gasteiger partial charge in [0.25, 0.3) is 5.91 Å². The highest BCUT2D eigenvalue weighted by Crippen LogP contribution is 2.20. The van der Waals surface area contributed by atoms with E-state index in [0.717, 1.165) is 25.2 Å². The summed E-state index contributed by atoms with van der Waals surface area (Å²) in [6.45, 7) is 3.08. The molecule has 0 saturated carbocycles. The van der Waals surface area contributed by atoms with Gasteiger partial charge in [-0.05, 0) is 43.1 Å². The molecule has 1 fully saturated rings. The maximum absolute atomic E-state index is 12.7. The van der Waals surface area contributed by atoms with Crippen molar-refractivity contribution in [2.45, 2.75) is 38.5 Å². The summed E-state index contributed by atoms with van der Waals surface area (Å²) in [5.41, 5.74) is 4.62. The summed E-state index contributed by atoms with van der Waals surface area (Å²) in [6.07, 6.45) is 3.55. The SMILES string of the molecule is O=C(NCC1CCCCN1Cc1ccccc1)c1cccc(OCc2cscn2)c1. The second-order valence-corrected chi connectivity index (χ2v) is 8.33. The highest BCUT2D eigenvalue weighted by Gasteiger charge is 2.23. The van der Waals surface area contributed by atoms with Crippen LogP contribution in [0.3, 0.4) is 0 Å². The third-order valence-corrected chi connectivity index (χ3v) is 6.08. The molecule has 1 aliphatic rings. The quantitative estimate of drug-likeness (QED) is 0.582. The van der Waals surface area contributed by atoms with Crippen molar-refractivity contribution in [3.63, 3.8) is 0 Å². The number of benzene rings is 2. The van der Waals surface area contributed by atoms with Gasteiger partial charge in [-0.15, -0.1) is 11.3 Å². The normalized spacial score (nSPS) is 16.9. The molecule has 1 saturated heterocycles. The first kappa shape index (κ1) is 20.6. The van der Waals surface area contributed by atoms with E-state index in [4.69, 9.17) is 4.74 Å². The van der Waals surface area contributed by atoms with E-state index in [0.29, 0.717) is 30.5 Å².